The van der Waals surface area contributed by atoms with Crippen molar-refractivity contribution in [1.29, 1.82) is 0 Å². The summed E-state index contributed by atoms with van der Waals surface area (Å²) in [5.41, 5.74) is 2.91. The maximum Gasteiger partial charge on any atom is 0.241 e. The van der Waals surface area contributed by atoms with E-state index in [2.05, 4.69) is 5.32 Å². The topological polar surface area (TPSA) is 66.5 Å². The third-order valence-electron chi connectivity index (χ3n) is 4.69. The molecule has 0 aliphatic rings. The summed E-state index contributed by atoms with van der Waals surface area (Å²) in [5.74, 6) is -0.410. The van der Waals surface area contributed by atoms with Crippen molar-refractivity contribution in [2.24, 2.45) is 0 Å². The van der Waals surface area contributed by atoms with Crippen molar-refractivity contribution in [3.63, 3.8) is 0 Å². The minimum atomic E-state index is -3.68. The predicted molar refractivity (Wildman–Crippen MR) is 121 cm³/mol. The molecule has 0 aromatic heterocycles. The Morgan fingerprint density at radius 2 is 1.50 bits per heavy atom. The van der Waals surface area contributed by atoms with Crippen LogP contribution in [0.15, 0.2) is 78.9 Å². The number of rotatable bonds is 7. The minimum Gasteiger partial charge on any atom is -0.344 e. The van der Waals surface area contributed by atoms with Crippen LogP contribution in [0.1, 0.15) is 22.7 Å². The number of benzene rings is 3. The van der Waals surface area contributed by atoms with E-state index in [1.807, 2.05) is 60.7 Å². The van der Waals surface area contributed by atoms with E-state index in [4.69, 9.17) is 11.6 Å². The summed E-state index contributed by atoms with van der Waals surface area (Å²) in [4.78, 5) is 13.0. The van der Waals surface area contributed by atoms with Gasteiger partial charge in [0.1, 0.15) is 6.54 Å². The van der Waals surface area contributed by atoms with Gasteiger partial charge in [-0.05, 0) is 41.8 Å². The molecule has 5 nitrogen and oxygen atoms in total. The molecule has 156 valence electrons. The highest BCUT2D eigenvalue weighted by atomic mass is 35.5. The van der Waals surface area contributed by atoms with Gasteiger partial charge in [0.2, 0.25) is 15.9 Å². The molecule has 3 aromatic carbocycles. The van der Waals surface area contributed by atoms with Gasteiger partial charge in [-0.15, -0.1) is 0 Å². The number of hydrogen-bond acceptors (Lipinski definition) is 3. The zero-order valence-electron chi connectivity index (χ0n) is 16.7. The Morgan fingerprint density at radius 1 is 0.967 bits per heavy atom. The standard InChI is InChI=1S/C23H23ClN2O3S/c1-17-15-20(24)13-14-21(17)26(30(2,28)29)16-22(27)25-23(18-9-5-3-6-10-18)19-11-7-4-8-12-19/h3-15,23H,16H2,1-2H3,(H,25,27). The Hall–Kier alpha value is -2.83. The van der Waals surface area contributed by atoms with Crippen molar-refractivity contribution in [1.82, 2.24) is 5.32 Å². The Morgan fingerprint density at radius 3 is 1.97 bits per heavy atom. The number of aryl methyl sites for hydroxylation is 1. The van der Waals surface area contributed by atoms with Gasteiger partial charge in [-0.1, -0.05) is 72.3 Å². The van der Waals surface area contributed by atoms with Crippen LogP contribution in [-0.2, 0) is 14.8 Å². The second kappa shape index (κ2) is 9.32. The number of nitrogens with zero attached hydrogens (tertiary/aromatic N) is 1. The van der Waals surface area contributed by atoms with Gasteiger partial charge in [0.05, 0.1) is 18.0 Å². The summed E-state index contributed by atoms with van der Waals surface area (Å²) < 4.78 is 26.0. The van der Waals surface area contributed by atoms with Crippen molar-refractivity contribution in [3.8, 4) is 0 Å². The van der Waals surface area contributed by atoms with Crippen molar-refractivity contribution in [2.45, 2.75) is 13.0 Å². The Balaban J connectivity index is 1.89. The highest BCUT2D eigenvalue weighted by molar-refractivity contribution is 7.92. The molecular formula is C23H23ClN2O3S. The van der Waals surface area contributed by atoms with Crippen LogP contribution in [0.3, 0.4) is 0 Å². The first kappa shape index (κ1) is 21.9. The number of nitrogens with one attached hydrogen (secondary N) is 1. The maximum absolute atomic E-state index is 13.0. The van der Waals surface area contributed by atoms with Crippen molar-refractivity contribution >= 4 is 33.2 Å². The van der Waals surface area contributed by atoms with Crippen molar-refractivity contribution < 1.29 is 13.2 Å². The normalized spacial score (nSPS) is 11.3. The Labute approximate surface area is 182 Å². The first-order valence-electron chi connectivity index (χ1n) is 9.39. The molecule has 0 saturated carbocycles. The largest absolute Gasteiger partial charge is 0.344 e. The highest BCUT2D eigenvalue weighted by Crippen LogP contribution is 2.26. The summed E-state index contributed by atoms with van der Waals surface area (Å²) in [7, 11) is -3.68. The van der Waals surface area contributed by atoms with Gasteiger partial charge in [-0.25, -0.2) is 8.42 Å². The molecule has 0 unspecified atom stereocenters. The first-order valence-corrected chi connectivity index (χ1v) is 11.6. The van der Waals surface area contributed by atoms with Gasteiger partial charge in [-0.2, -0.15) is 0 Å². The quantitative estimate of drug-likeness (QED) is 0.592. The van der Waals surface area contributed by atoms with E-state index in [9.17, 15) is 13.2 Å². The molecule has 0 radical (unpaired) electrons. The van der Waals surface area contributed by atoms with Crippen LogP contribution in [0.5, 0.6) is 0 Å². The number of sulfonamides is 1. The Kier molecular flexibility index (Phi) is 6.80. The molecule has 30 heavy (non-hydrogen) atoms. The lowest BCUT2D eigenvalue weighted by atomic mass is 9.99. The number of halogens is 1. The van der Waals surface area contributed by atoms with Gasteiger partial charge in [-0.3, -0.25) is 9.10 Å². The average Bonchev–Trinajstić information content (AvgIpc) is 2.71. The first-order chi connectivity index (χ1) is 14.3. The fourth-order valence-electron chi connectivity index (χ4n) is 3.27. The SMILES string of the molecule is Cc1cc(Cl)ccc1N(CC(=O)NC(c1ccccc1)c1ccccc1)S(C)(=O)=O. The molecule has 0 saturated heterocycles. The van der Waals surface area contributed by atoms with Gasteiger partial charge in [0.15, 0.2) is 0 Å². The van der Waals surface area contributed by atoms with E-state index in [1.165, 1.54) is 0 Å². The lowest BCUT2D eigenvalue weighted by Crippen LogP contribution is -2.42. The van der Waals surface area contributed by atoms with Crippen LogP contribution in [-0.4, -0.2) is 27.1 Å². The number of carbonyl (C=O) groups is 1. The zero-order chi connectivity index (χ0) is 21.7. The highest BCUT2D eigenvalue weighted by Gasteiger charge is 2.24. The molecule has 0 aliphatic carbocycles. The average molecular weight is 443 g/mol. The summed E-state index contributed by atoms with van der Waals surface area (Å²) >= 11 is 6.00. The molecule has 3 rings (SSSR count). The fourth-order valence-corrected chi connectivity index (χ4v) is 4.41. The minimum absolute atomic E-state index is 0.336. The number of carbonyl (C=O) groups excluding carboxylic acids is 1. The van der Waals surface area contributed by atoms with Gasteiger partial charge in [0, 0.05) is 5.02 Å². The smallest absolute Gasteiger partial charge is 0.241 e. The summed E-state index contributed by atoms with van der Waals surface area (Å²) in [6.07, 6.45) is 1.08. The lowest BCUT2D eigenvalue weighted by molar-refractivity contribution is -0.120. The monoisotopic (exact) mass is 442 g/mol. The summed E-state index contributed by atoms with van der Waals surface area (Å²) in [6.45, 7) is 1.42. The van der Waals surface area contributed by atoms with E-state index in [1.54, 1.807) is 25.1 Å². The van der Waals surface area contributed by atoms with Crippen LogP contribution in [0.2, 0.25) is 5.02 Å². The number of anilines is 1. The predicted octanol–water partition coefficient (Wildman–Crippen LogP) is 4.32. The molecule has 0 atom stereocenters. The molecule has 0 fully saturated rings. The maximum atomic E-state index is 13.0. The van der Waals surface area contributed by atoms with Gasteiger partial charge >= 0.3 is 0 Å². The zero-order valence-corrected chi connectivity index (χ0v) is 18.3. The Bertz CT molecular complexity index is 1080. The van der Waals surface area contributed by atoms with Crippen LogP contribution in [0.25, 0.3) is 0 Å². The van der Waals surface area contributed by atoms with Gasteiger partial charge in [0.25, 0.3) is 0 Å². The molecule has 0 heterocycles. The number of hydrogen-bond donors (Lipinski definition) is 1. The lowest BCUT2D eigenvalue weighted by Gasteiger charge is -2.26. The van der Waals surface area contributed by atoms with E-state index in [0.717, 1.165) is 21.7 Å². The van der Waals surface area contributed by atoms with Gasteiger partial charge < -0.3 is 5.32 Å². The molecule has 0 spiro atoms. The fraction of sp³-hybridized carbons (Fsp3) is 0.174. The summed E-state index contributed by atoms with van der Waals surface area (Å²) in [5, 5.41) is 3.48. The molecule has 7 heteroatoms. The summed E-state index contributed by atoms with van der Waals surface area (Å²) in [6, 6.07) is 23.6. The molecule has 0 bridgehead atoms. The van der Waals surface area contributed by atoms with Crippen LogP contribution in [0.4, 0.5) is 5.69 Å². The van der Waals surface area contributed by atoms with Crippen LogP contribution >= 0.6 is 11.6 Å². The van der Waals surface area contributed by atoms with E-state index < -0.39 is 22.0 Å². The van der Waals surface area contributed by atoms with E-state index in [-0.39, 0.29) is 6.54 Å². The second-order valence-electron chi connectivity index (χ2n) is 7.02. The molecule has 1 amide bonds. The van der Waals surface area contributed by atoms with E-state index >= 15 is 0 Å². The van der Waals surface area contributed by atoms with E-state index in [0.29, 0.717) is 16.3 Å². The van der Waals surface area contributed by atoms with Crippen molar-refractivity contribution in [2.75, 3.05) is 17.1 Å². The second-order valence-corrected chi connectivity index (χ2v) is 9.37. The van der Waals surface area contributed by atoms with Crippen LogP contribution in [0, 0.1) is 6.92 Å². The molecular weight excluding hydrogens is 420 g/mol. The third-order valence-corrected chi connectivity index (χ3v) is 6.05. The van der Waals surface area contributed by atoms with Crippen molar-refractivity contribution in [3.05, 3.63) is 101 Å². The number of amides is 1. The third kappa shape index (κ3) is 5.40. The molecule has 3 aromatic rings. The molecule has 0 aliphatic heterocycles. The van der Waals surface area contributed by atoms with Crippen LogP contribution < -0.4 is 9.62 Å². The molecule has 1 N–H and O–H groups in total.